The second-order valence-corrected chi connectivity index (χ2v) is 5.42. The first-order valence-corrected chi connectivity index (χ1v) is 7.57. The number of hydrogen-bond acceptors (Lipinski definition) is 3. The predicted octanol–water partition coefficient (Wildman–Crippen LogP) is 3.26. The lowest BCUT2D eigenvalue weighted by Gasteiger charge is -2.25. The summed E-state index contributed by atoms with van der Waals surface area (Å²) < 4.78 is 18.8. The summed E-state index contributed by atoms with van der Waals surface area (Å²) in [4.78, 5) is 16.2. The van der Waals surface area contributed by atoms with Gasteiger partial charge < -0.3 is 15.4 Å². The number of ether oxygens (including phenoxy) is 1. The van der Waals surface area contributed by atoms with Gasteiger partial charge in [0.15, 0.2) is 0 Å². The van der Waals surface area contributed by atoms with Gasteiger partial charge in [-0.05, 0) is 42.7 Å². The Morgan fingerprint density at radius 1 is 1.22 bits per heavy atom. The van der Waals surface area contributed by atoms with Gasteiger partial charge in [-0.2, -0.15) is 0 Å². The topological polar surface area (TPSA) is 63.2 Å². The number of carbonyl (C=O) groups is 1. The summed E-state index contributed by atoms with van der Waals surface area (Å²) in [6, 6.07) is 8.89. The number of pyridine rings is 1. The molecule has 23 heavy (non-hydrogen) atoms. The van der Waals surface area contributed by atoms with Gasteiger partial charge in [-0.15, -0.1) is 0 Å². The van der Waals surface area contributed by atoms with Crippen LogP contribution in [0, 0.1) is 5.82 Å². The minimum absolute atomic E-state index is 0.108. The lowest BCUT2D eigenvalue weighted by Crippen LogP contribution is -2.38. The smallest absolute Gasteiger partial charge is 0.319 e. The van der Waals surface area contributed by atoms with Crippen molar-refractivity contribution in [1.29, 1.82) is 0 Å². The molecule has 1 aromatic heterocycles. The largest absolute Gasteiger partial charge is 0.376 e. The van der Waals surface area contributed by atoms with Crippen LogP contribution in [0.3, 0.4) is 0 Å². The van der Waals surface area contributed by atoms with Crippen LogP contribution in [0.5, 0.6) is 0 Å². The molecule has 2 heterocycles. The van der Waals surface area contributed by atoms with E-state index in [2.05, 4.69) is 15.6 Å². The number of halogens is 1. The highest BCUT2D eigenvalue weighted by Gasteiger charge is 2.28. The number of nitrogens with one attached hydrogen (secondary N) is 2. The molecule has 2 aromatic rings. The van der Waals surface area contributed by atoms with E-state index in [1.54, 1.807) is 36.7 Å². The van der Waals surface area contributed by atoms with Crippen molar-refractivity contribution in [2.24, 2.45) is 0 Å². The zero-order chi connectivity index (χ0) is 16.1. The van der Waals surface area contributed by atoms with Gasteiger partial charge in [0, 0.05) is 24.7 Å². The average Bonchev–Trinajstić information content (AvgIpc) is 3.09. The number of carbonyl (C=O) groups excluding carboxylic acids is 1. The van der Waals surface area contributed by atoms with Crippen LogP contribution in [-0.2, 0) is 4.74 Å². The predicted molar refractivity (Wildman–Crippen MR) is 84.5 cm³/mol. The maximum atomic E-state index is 13.1. The Labute approximate surface area is 133 Å². The number of anilines is 1. The second kappa shape index (κ2) is 7.19. The van der Waals surface area contributed by atoms with Crippen LogP contribution in [0.1, 0.15) is 24.4 Å². The van der Waals surface area contributed by atoms with Crippen LogP contribution in [0.4, 0.5) is 14.9 Å². The zero-order valence-electron chi connectivity index (χ0n) is 12.5. The van der Waals surface area contributed by atoms with Crippen LogP contribution < -0.4 is 10.6 Å². The van der Waals surface area contributed by atoms with E-state index in [0.717, 1.165) is 18.4 Å². The Bertz CT molecular complexity index is 643. The Kier molecular flexibility index (Phi) is 4.83. The summed E-state index contributed by atoms with van der Waals surface area (Å²) >= 11 is 0. The highest BCUT2D eigenvalue weighted by Crippen LogP contribution is 2.27. The SMILES string of the molecule is O=C(Nc1ccncc1)N[C@@H](c1ccc(F)cc1)[C@H]1CCCO1. The van der Waals surface area contributed by atoms with E-state index in [0.29, 0.717) is 12.3 Å². The second-order valence-electron chi connectivity index (χ2n) is 5.42. The molecule has 2 amide bonds. The fourth-order valence-electron chi connectivity index (χ4n) is 2.67. The Hall–Kier alpha value is -2.47. The molecule has 1 saturated heterocycles. The van der Waals surface area contributed by atoms with Crippen LogP contribution in [0.15, 0.2) is 48.8 Å². The van der Waals surface area contributed by atoms with Gasteiger partial charge in [0.2, 0.25) is 0 Å². The van der Waals surface area contributed by atoms with Crippen molar-refractivity contribution < 1.29 is 13.9 Å². The third kappa shape index (κ3) is 4.04. The molecular formula is C17H18FN3O2. The van der Waals surface area contributed by atoms with E-state index in [1.807, 2.05) is 0 Å². The number of hydrogen-bond donors (Lipinski definition) is 2. The van der Waals surface area contributed by atoms with E-state index in [-0.39, 0.29) is 24.0 Å². The zero-order valence-corrected chi connectivity index (χ0v) is 12.5. The van der Waals surface area contributed by atoms with Gasteiger partial charge in [0.05, 0.1) is 12.1 Å². The summed E-state index contributed by atoms with van der Waals surface area (Å²) in [6.07, 6.45) is 4.91. The lowest BCUT2D eigenvalue weighted by molar-refractivity contribution is 0.0815. The van der Waals surface area contributed by atoms with Gasteiger partial charge in [0.25, 0.3) is 0 Å². The first-order valence-electron chi connectivity index (χ1n) is 7.57. The van der Waals surface area contributed by atoms with E-state index >= 15 is 0 Å². The first kappa shape index (κ1) is 15.4. The summed E-state index contributed by atoms with van der Waals surface area (Å²) in [5.41, 5.74) is 1.48. The molecule has 1 aromatic carbocycles. The maximum absolute atomic E-state index is 13.1. The van der Waals surface area contributed by atoms with E-state index in [4.69, 9.17) is 4.74 Å². The van der Waals surface area contributed by atoms with Crippen molar-refractivity contribution in [3.05, 3.63) is 60.2 Å². The van der Waals surface area contributed by atoms with Crippen molar-refractivity contribution in [1.82, 2.24) is 10.3 Å². The Balaban J connectivity index is 1.73. The molecule has 0 spiro atoms. The number of amides is 2. The van der Waals surface area contributed by atoms with Gasteiger partial charge in [-0.1, -0.05) is 12.1 Å². The summed E-state index contributed by atoms with van der Waals surface area (Å²) in [6.45, 7) is 0.677. The minimum Gasteiger partial charge on any atom is -0.376 e. The summed E-state index contributed by atoms with van der Waals surface area (Å²) in [5.74, 6) is -0.305. The Morgan fingerprint density at radius 2 is 1.96 bits per heavy atom. The van der Waals surface area contributed by atoms with Crippen molar-refractivity contribution in [3.8, 4) is 0 Å². The highest BCUT2D eigenvalue weighted by atomic mass is 19.1. The molecule has 1 aliphatic rings. The van der Waals surface area contributed by atoms with Gasteiger partial charge in [0.1, 0.15) is 5.82 Å². The summed E-state index contributed by atoms with van der Waals surface area (Å²) in [5, 5.41) is 5.68. The number of benzene rings is 1. The van der Waals surface area contributed by atoms with Crippen molar-refractivity contribution >= 4 is 11.7 Å². The molecule has 5 nitrogen and oxygen atoms in total. The molecule has 1 fully saturated rings. The fourth-order valence-corrected chi connectivity index (χ4v) is 2.67. The number of nitrogens with zero attached hydrogens (tertiary/aromatic N) is 1. The van der Waals surface area contributed by atoms with Gasteiger partial charge in [-0.25, -0.2) is 9.18 Å². The molecule has 3 rings (SSSR count). The standard InChI is InChI=1S/C17H18FN3O2/c18-13-5-3-12(4-6-13)16(15-2-1-11-23-15)21-17(22)20-14-7-9-19-10-8-14/h3-10,15-16H,1-2,11H2,(H2,19,20,21,22)/t15-,16+/m1/s1. The van der Waals surface area contributed by atoms with Crippen molar-refractivity contribution in [2.75, 3.05) is 11.9 Å². The van der Waals surface area contributed by atoms with Gasteiger partial charge >= 0.3 is 6.03 Å². The number of rotatable bonds is 4. The molecule has 2 N–H and O–H groups in total. The van der Waals surface area contributed by atoms with Crippen LogP contribution in [0.25, 0.3) is 0 Å². The molecule has 6 heteroatoms. The Morgan fingerprint density at radius 3 is 2.61 bits per heavy atom. The van der Waals surface area contributed by atoms with E-state index in [9.17, 15) is 9.18 Å². The van der Waals surface area contributed by atoms with Crippen LogP contribution in [0.2, 0.25) is 0 Å². The first-order chi connectivity index (χ1) is 11.2. The monoisotopic (exact) mass is 315 g/mol. The van der Waals surface area contributed by atoms with Crippen molar-refractivity contribution in [2.45, 2.75) is 25.0 Å². The molecule has 0 aliphatic carbocycles. The van der Waals surface area contributed by atoms with Crippen LogP contribution >= 0.6 is 0 Å². The van der Waals surface area contributed by atoms with E-state index in [1.165, 1.54) is 12.1 Å². The van der Waals surface area contributed by atoms with Crippen molar-refractivity contribution in [3.63, 3.8) is 0 Å². The normalized spacial score (nSPS) is 18.4. The minimum atomic E-state index is -0.332. The third-order valence-corrected chi connectivity index (χ3v) is 3.79. The molecule has 120 valence electrons. The number of urea groups is 1. The summed E-state index contributed by atoms with van der Waals surface area (Å²) in [7, 11) is 0. The van der Waals surface area contributed by atoms with Gasteiger partial charge in [-0.3, -0.25) is 4.98 Å². The molecule has 0 saturated carbocycles. The molecule has 0 unspecified atom stereocenters. The quantitative estimate of drug-likeness (QED) is 0.910. The third-order valence-electron chi connectivity index (χ3n) is 3.79. The van der Waals surface area contributed by atoms with Crippen LogP contribution in [-0.4, -0.2) is 23.7 Å². The molecule has 0 bridgehead atoms. The lowest BCUT2D eigenvalue weighted by atomic mass is 9.99. The molecule has 1 aliphatic heterocycles. The highest BCUT2D eigenvalue weighted by molar-refractivity contribution is 5.89. The molecular weight excluding hydrogens is 297 g/mol. The average molecular weight is 315 g/mol. The maximum Gasteiger partial charge on any atom is 0.319 e. The fraction of sp³-hybridized carbons (Fsp3) is 0.294. The number of aromatic nitrogens is 1. The molecule has 2 atom stereocenters. The van der Waals surface area contributed by atoms with E-state index < -0.39 is 0 Å². The molecule has 0 radical (unpaired) electrons.